The van der Waals surface area contributed by atoms with Crippen LogP contribution in [0.5, 0.6) is 0 Å². The van der Waals surface area contributed by atoms with Crippen molar-refractivity contribution in [1.82, 2.24) is 25.0 Å². The van der Waals surface area contributed by atoms with Crippen molar-refractivity contribution < 1.29 is 4.79 Å². The highest BCUT2D eigenvalue weighted by atomic mass is 35.5. The highest BCUT2D eigenvalue weighted by Gasteiger charge is 2.22. The Bertz CT molecular complexity index is 1250. The largest absolute Gasteiger partial charge is 0.320 e. The summed E-state index contributed by atoms with van der Waals surface area (Å²) in [6.07, 6.45) is 0. The number of hydrogen-bond donors (Lipinski definition) is 1. The van der Waals surface area contributed by atoms with Gasteiger partial charge in [-0.1, -0.05) is 46.8 Å². The predicted molar refractivity (Wildman–Crippen MR) is 127 cm³/mol. The molecule has 4 rings (SSSR count). The normalized spacial score (nSPS) is 10.9. The fourth-order valence-electron chi connectivity index (χ4n) is 3.18. The lowest BCUT2D eigenvalue weighted by Crippen LogP contribution is -2.16. The number of amides is 1. The summed E-state index contributed by atoms with van der Waals surface area (Å²) in [5.41, 5.74) is 5.13. The zero-order valence-electron chi connectivity index (χ0n) is 17.8. The van der Waals surface area contributed by atoms with Gasteiger partial charge in [0, 0.05) is 27.9 Å². The second-order valence-electron chi connectivity index (χ2n) is 7.26. The Balaban J connectivity index is 1.68. The number of nitrogens with one attached hydrogen (secondary N) is 1. The quantitative estimate of drug-likeness (QED) is 0.312. The third-order valence-electron chi connectivity index (χ3n) is 4.74. The van der Waals surface area contributed by atoms with Crippen LogP contribution in [0.4, 0.5) is 5.69 Å². The number of benzene rings is 2. The maximum absolute atomic E-state index is 13.1. The Hall–Kier alpha value is -3.23. The van der Waals surface area contributed by atoms with E-state index in [1.54, 1.807) is 16.8 Å². The number of rotatable bonds is 6. The first-order chi connectivity index (χ1) is 15.4. The van der Waals surface area contributed by atoms with Crippen LogP contribution in [0, 0.1) is 20.8 Å². The molecule has 0 spiro atoms. The third-order valence-corrected chi connectivity index (χ3v) is 5.85. The predicted octanol–water partition coefficient (Wildman–Crippen LogP) is 5.18. The summed E-state index contributed by atoms with van der Waals surface area (Å²) in [4.78, 5) is 22.1. The maximum Gasteiger partial charge on any atom is 0.278 e. The molecule has 0 atom stereocenters. The van der Waals surface area contributed by atoms with Gasteiger partial charge in [0.15, 0.2) is 10.9 Å². The smallest absolute Gasteiger partial charge is 0.278 e. The van der Waals surface area contributed by atoms with E-state index in [9.17, 15) is 4.79 Å². The van der Waals surface area contributed by atoms with Gasteiger partial charge in [-0.15, -0.1) is 5.10 Å². The van der Waals surface area contributed by atoms with E-state index in [2.05, 4.69) is 25.6 Å². The zero-order chi connectivity index (χ0) is 22.7. The monoisotopic (exact) mass is 464 g/mol. The highest BCUT2D eigenvalue weighted by molar-refractivity contribution is 7.98. The Kier molecular flexibility index (Phi) is 6.53. The van der Waals surface area contributed by atoms with Crippen molar-refractivity contribution in [2.24, 2.45) is 0 Å². The van der Waals surface area contributed by atoms with Crippen LogP contribution in [0.1, 0.15) is 33.1 Å². The number of halogens is 1. The molecule has 1 amide bonds. The average Bonchev–Trinajstić information content (AvgIpc) is 3.18. The third kappa shape index (κ3) is 4.98. The van der Waals surface area contributed by atoms with Gasteiger partial charge < -0.3 is 5.32 Å². The summed E-state index contributed by atoms with van der Waals surface area (Å²) in [6, 6.07) is 16.7. The number of aromatic nitrogens is 5. The van der Waals surface area contributed by atoms with Gasteiger partial charge in [-0.2, -0.15) is 0 Å². The molecule has 162 valence electrons. The number of carbonyl (C=O) groups excluding carboxylic acids is 1. The lowest BCUT2D eigenvalue weighted by atomic mass is 10.2. The second kappa shape index (κ2) is 9.50. The number of thioether (sulfide) groups is 1. The lowest BCUT2D eigenvalue weighted by molar-refractivity contribution is 0.102. The molecule has 0 radical (unpaired) electrons. The van der Waals surface area contributed by atoms with Gasteiger partial charge in [-0.05, 0) is 62.7 Å². The van der Waals surface area contributed by atoms with E-state index in [1.165, 1.54) is 11.8 Å². The minimum absolute atomic E-state index is 0.250. The molecule has 1 N–H and O–H groups in total. The average molecular weight is 465 g/mol. The van der Waals surface area contributed by atoms with Crippen LogP contribution >= 0.6 is 23.4 Å². The van der Waals surface area contributed by atoms with Crippen molar-refractivity contribution in [3.63, 3.8) is 0 Å². The molecule has 2 aromatic carbocycles. The van der Waals surface area contributed by atoms with E-state index in [1.807, 2.05) is 63.2 Å². The summed E-state index contributed by atoms with van der Waals surface area (Å²) >= 11 is 7.47. The SMILES string of the molecule is Cc1cc(C)nc(SCc2c(C(=O)Nc3ccccc3C)nnn2-c2ccc(Cl)cc2)n1. The lowest BCUT2D eigenvalue weighted by Gasteiger charge is -2.10. The van der Waals surface area contributed by atoms with Crippen LogP contribution in [0.15, 0.2) is 59.8 Å². The molecule has 9 heteroatoms. The highest BCUT2D eigenvalue weighted by Crippen LogP contribution is 2.25. The number of nitrogens with zero attached hydrogens (tertiary/aromatic N) is 5. The number of para-hydroxylation sites is 1. The van der Waals surface area contributed by atoms with Crippen molar-refractivity contribution >= 4 is 35.0 Å². The number of anilines is 1. The fourth-order valence-corrected chi connectivity index (χ4v) is 4.25. The Labute approximate surface area is 195 Å². The van der Waals surface area contributed by atoms with Crippen molar-refractivity contribution in [2.45, 2.75) is 31.7 Å². The molecule has 2 heterocycles. The van der Waals surface area contributed by atoms with Crippen LogP contribution in [0.2, 0.25) is 5.02 Å². The van der Waals surface area contributed by atoms with Crippen LogP contribution < -0.4 is 5.32 Å². The van der Waals surface area contributed by atoms with Gasteiger partial charge in [0.1, 0.15) is 0 Å². The molecule has 32 heavy (non-hydrogen) atoms. The van der Waals surface area contributed by atoms with Gasteiger partial charge in [0.2, 0.25) is 0 Å². The molecule has 4 aromatic rings. The Morgan fingerprint density at radius 1 is 1.03 bits per heavy atom. The summed E-state index contributed by atoms with van der Waals surface area (Å²) in [5, 5.41) is 12.7. The molecule has 0 aliphatic heterocycles. The molecule has 7 nitrogen and oxygen atoms in total. The molecule has 0 saturated carbocycles. The first kappa shape index (κ1) is 22.0. The van der Waals surface area contributed by atoms with E-state index < -0.39 is 0 Å². The van der Waals surface area contributed by atoms with Gasteiger partial charge >= 0.3 is 0 Å². The zero-order valence-corrected chi connectivity index (χ0v) is 19.4. The summed E-state index contributed by atoms with van der Waals surface area (Å²) < 4.78 is 1.65. The van der Waals surface area contributed by atoms with Gasteiger partial charge in [-0.25, -0.2) is 14.6 Å². The molecule has 0 aliphatic carbocycles. The van der Waals surface area contributed by atoms with Gasteiger partial charge in [0.05, 0.1) is 11.4 Å². The van der Waals surface area contributed by atoms with Crippen molar-refractivity contribution in [3.05, 3.63) is 88.0 Å². The standard InChI is InChI=1S/C23H21ClN6OS/c1-14-6-4-5-7-19(14)27-22(31)21-20(13-32-23-25-15(2)12-16(3)26-23)30(29-28-21)18-10-8-17(24)9-11-18/h4-12H,13H2,1-3H3,(H,27,31). The van der Waals surface area contributed by atoms with Crippen LogP contribution in [0.25, 0.3) is 5.69 Å². The molecular formula is C23H21ClN6OS. The molecule has 0 saturated heterocycles. The summed E-state index contributed by atoms with van der Waals surface area (Å²) in [5.74, 6) is 0.0890. The maximum atomic E-state index is 13.1. The number of carbonyl (C=O) groups is 1. The first-order valence-electron chi connectivity index (χ1n) is 9.93. The minimum Gasteiger partial charge on any atom is -0.320 e. The van der Waals surface area contributed by atoms with Gasteiger partial charge in [-0.3, -0.25) is 4.79 Å². The molecule has 2 aromatic heterocycles. The van der Waals surface area contributed by atoms with Crippen molar-refractivity contribution in [3.8, 4) is 5.69 Å². The Morgan fingerprint density at radius 3 is 2.41 bits per heavy atom. The number of hydrogen-bond acceptors (Lipinski definition) is 6. The van der Waals surface area contributed by atoms with Gasteiger partial charge in [0.25, 0.3) is 5.91 Å². The van der Waals surface area contributed by atoms with E-state index in [4.69, 9.17) is 11.6 Å². The van der Waals surface area contributed by atoms with Crippen molar-refractivity contribution in [1.29, 1.82) is 0 Å². The van der Waals surface area contributed by atoms with E-state index in [0.717, 1.165) is 28.3 Å². The topological polar surface area (TPSA) is 85.6 Å². The molecule has 0 unspecified atom stereocenters. The van der Waals surface area contributed by atoms with Crippen molar-refractivity contribution in [2.75, 3.05) is 5.32 Å². The van der Waals surface area contributed by atoms with E-state index in [-0.39, 0.29) is 11.6 Å². The van der Waals surface area contributed by atoms with Crippen LogP contribution in [-0.4, -0.2) is 30.9 Å². The fraction of sp³-hybridized carbons (Fsp3) is 0.174. The Morgan fingerprint density at radius 2 is 1.72 bits per heavy atom. The molecule has 0 fully saturated rings. The van der Waals surface area contributed by atoms with E-state index >= 15 is 0 Å². The molecule has 0 aliphatic rings. The second-order valence-corrected chi connectivity index (χ2v) is 8.64. The van der Waals surface area contributed by atoms with Crippen LogP contribution in [-0.2, 0) is 5.75 Å². The summed E-state index contributed by atoms with van der Waals surface area (Å²) in [7, 11) is 0. The molecular weight excluding hydrogens is 444 g/mol. The molecule has 0 bridgehead atoms. The first-order valence-corrected chi connectivity index (χ1v) is 11.3. The summed E-state index contributed by atoms with van der Waals surface area (Å²) in [6.45, 7) is 5.80. The number of aryl methyl sites for hydroxylation is 3. The minimum atomic E-state index is -0.323. The van der Waals surface area contributed by atoms with Crippen LogP contribution in [0.3, 0.4) is 0 Å². The van der Waals surface area contributed by atoms with E-state index in [0.29, 0.717) is 21.6 Å².